The van der Waals surface area contributed by atoms with Crippen LogP contribution in [0.4, 0.5) is 52.7 Å². The Bertz CT molecular complexity index is 723. The van der Waals surface area contributed by atoms with E-state index in [1.54, 1.807) is 0 Å². The van der Waals surface area contributed by atoms with Crippen molar-refractivity contribution in [3.8, 4) is 0 Å². The van der Waals surface area contributed by atoms with Gasteiger partial charge in [0.05, 0.1) is 10.8 Å². The first-order valence-electron chi connectivity index (χ1n) is 6.20. The molecule has 15 heteroatoms. The molecular formula is C12H5BrF12OS. The summed E-state index contributed by atoms with van der Waals surface area (Å²) in [6.45, 7) is 0. The Kier molecular flexibility index (Phi) is 6.34. The highest BCUT2D eigenvalue weighted by Gasteiger charge is 2.81. The Morgan fingerprint density at radius 3 is 1.63 bits per heavy atom. The molecule has 0 heterocycles. The van der Waals surface area contributed by atoms with E-state index in [1.807, 2.05) is 0 Å². The van der Waals surface area contributed by atoms with E-state index in [4.69, 9.17) is 0 Å². The molecule has 0 aromatic heterocycles. The summed E-state index contributed by atoms with van der Waals surface area (Å²) < 4.78 is 165. The maximum atomic E-state index is 14.3. The van der Waals surface area contributed by atoms with Crippen molar-refractivity contribution in [2.75, 3.05) is 5.75 Å². The highest BCUT2D eigenvalue weighted by Crippen LogP contribution is 2.58. The minimum absolute atomic E-state index is 0.124. The molecule has 0 saturated heterocycles. The van der Waals surface area contributed by atoms with Crippen LogP contribution >= 0.6 is 15.9 Å². The molecule has 0 aliphatic rings. The molecule has 0 amide bonds. The van der Waals surface area contributed by atoms with Gasteiger partial charge in [-0.25, -0.2) is 4.39 Å². The summed E-state index contributed by atoms with van der Waals surface area (Å²) in [4.78, 5) is -1.24. The average Bonchev–Trinajstić information content (AvgIpc) is 2.41. The normalized spacial score (nSPS) is 17.5. The number of hydrogen-bond acceptors (Lipinski definition) is 1. The number of hydrogen-bond donors (Lipinski definition) is 0. The van der Waals surface area contributed by atoms with E-state index in [1.165, 1.54) is 0 Å². The van der Waals surface area contributed by atoms with Gasteiger partial charge in [-0.15, -0.1) is 0 Å². The lowest BCUT2D eigenvalue weighted by Crippen LogP contribution is -2.59. The standard InChI is InChI=1S/C12H5BrF12OS/c13-6-1-5(2-7(3-6)27(26)4-8(14,15)16)9(17,11(20,21)22)10(18,19)12(23,24)25/h1-3H,4H2. The first kappa shape index (κ1) is 24.0. The summed E-state index contributed by atoms with van der Waals surface area (Å²) in [5, 5.41) is 0. The first-order chi connectivity index (χ1) is 11.7. The molecule has 0 fully saturated rings. The quantitative estimate of drug-likeness (QED) is 0.456. The molecule has 1 aromatic carbocycles. The molecule has 156 valence electrons. The van der Waals surface area contributed by atoms with Crippen LogP contribution in [0.2, 0.25) is 0 Å². The van der Waals surface area contributed by atoms with Crippen molar-refractivity contribution in [1.82, 2.24) is 0 Å². The van der Waals surface area contributed by atoms with Crippen molar-refractivity contribution in [3.63, 3.8) is 0 Å². The summed E-state index contributed by atoms with van der Waals surface area (Å²) in [6.07, 6.45) is -18.9. The summed E-state index contributed by atoms with van der Waals surface area (Å²) in [5.41, 5.74) is -8.71. The van der Waals surface area contributed by atoms with Crippen LogP contribution in [0.3, 0.4) is 0 Å². The molecule has 0 saturated carbocycles. The van der Waals surface area contributed by atoms with Crippen LogP contribution in [0.15, 0.2) is 27.6 Å². The summed E-state index contributed by atoms with van der Waals surface area (Å²) >= 11 is 2.36. The lowest BCUT2D eigenvalue weighted by atomic mass is 9.88. The van der Waals surface area contributed by atoms with Gasteiger partial charge < -0.3 is 0 Å². The molecule has 1 rings (SSSR count). The number of halogens is 13. The molecule has 0 bridgehead atoms. The zero-order valence-corrected chi connectivity index (χ0v) is 14.6. The van der Waals surface area contributed by atoms with Crippen LogP contribution in [0, 0.1) is 0 Å². The fourth-order valence-corrected chi connectivity index (χ4v) is 3.47. The minimum Gasteiger partial charge on any atom is -0.254 e. The van der Waals surface area contributed by atoms with Gasteiger partial charge in [0.1, 0.15) is 5.75 Å². The van der Waals surface area contributed by atoms with Gasteiger partial charge in [0.25, 0.3) is 0 Å². The third-order valence-electron chi connectivity index (χ3n) is 3.01. The number of rotatable bonds is 4. The van der Waals surface area contributed by atoms with E-state index in [9.17, 15) is 56.9 Å². The Labute approximate surface area is 153 Å². The monoisotopic (exact) mass is 504 g/mol. The maximum Gasteiger partial charge on any atom is 0.457 e. The van der Waals surface area contributed by atoms with E-state index in [2.05, 4.69) is 15.9 Å². The average molecular weight is 505 g/mol. The van der Waals surface area contributed by atoms with E-state index in [0.29, 0.717) is 6.07 Å². The van der Waals surface area contributed by atoms with Crippen molar-refractivity contribution < 1.29 is 56.9 Å². The molecule has 0 aliphatic heterocycles. The Hall–Kier alpha value is -0.990. The summed E-state index contributed by atoms with van der Waals surface area (Å²) in [7, 11) is -3.20. The zero-order chi connectivity index (χ0) is 21.6. The van der Waals surface area contributed by atoms with Crippen LogP contribution in [0.5, 0.6) is 0 Å². The Balaban J connectivity index is 3.70. The number of alkyl halides is 12. The van der Waals surface area contributed by atoms with Crippen molar-refractivity contribution in [3.05, 3.63) is 28.2 Å². The Morgan fingerprint density at radius 1 is 0.778 bits per heavy atom. The molecular weight excluding hydrogens is 500 g/mol. The molecule has 27 heavy (non-hydrogen) atoms. The third kappa shape index (κ3) is 4.71. The lowest BCUT2D eigenvalue weighted by Gasteiger charge is -2.36. The SMILES string of the molecule is O=S(CC(F)(F)F)c1cc(Br)cc(C(F)(C(F)(F)F)C(F)(F)C(F)(F)F)c1. The maximum absolute atomic E-state index is 14.3. The second-order valence-electron chi connectivity index (χ2n) is 5.01. The largest absolute Gasteiger partial charge is 0.457 e. The molecule has 2 atom stereocenters. The third-order valence-corrected chi connectivity index (χ3v) is 4.81. The van der Waals surface area contributed by atoms with Crippen LogP contribution in [-0.2, 0) is 16.5 Å². The molecule has 2 unspecified atom stereocenters. The second-order valence-corrected chi connectivity index (χ2v) is 7.38. The molecule has 0 N–H and O–H groups in total. The molecule has 0 spiro atoms. The first-order valence-corrected chi connectivity index (χ1v) is 8.31. The van der Waals surface area contributed by atoms with Gasteiger partial charge in [-0.2, -0.15) is 48.3 Å². The fraction of sp³-hybridized carbons (Fsp3) is 0.500. The number of benzene rings is 1. The molecule has 0 radical (unpaired) electrons. The van der Waals surface area contributed by atoms with Gasteiger partial charge in [-0.1, -0.05) is 15.9 Å². The lowest BCUT2D eigenvalue weighted by molar-refractivity contribution is -0.389. The van der Waals surface area contributed by atoms with Gasteiger partial charge in [-0.3, -0.25) is 4.21 Å². The molecule has 1 nitrogen and oxygen atoms in total. The van der Waals surface area contributed by atoms with E-state index < -0.39 is 61.6 Å². The van der Waals surface area contributed by atoms with E-state index in [0.717, 1.165) is 0 Å². The summed E-state index contributed by atoms with van der Waals surface area (Å²) in [5.74, 6) is -9.15. The smallest absolute Gasteiger partial charge is 0.254 e. The topological polar surface area (TPSA) is 17.1 Å². The van der Waals surface area contributed by atoms with E-state index >= 15 is 0 Å². The Morgan fingerprint density at radius 2 is 1.26 bits per heavy atom. The van der Waals surface area contributed by atoms with Crippen LogP contribution in [-0.4, -0.2) is 34.4 Å². The van der Waals surface area contributed by atoms with Crippen LogP contribution in [0.1, 0.15) is 5.56 Å². The van der Waals surface area contributed by atoms with Gasteiger partial charge in [0.2, 0.25) is 0 Å². The van der Waals surface area contributed by atoms with Crippen molar-refractivity contribution in [2.24, 2.45) is 0 Å². The van der Waals surface area contributed by atoms with Gasteiger partial charge in [0.15, 0.2) is 0 Å². The van der Waals surface area contributed by atoms with Gasteiger partial charge in [-0.05, 0) is 18.2 Å². The van der Waals surface area contributed by atoms with Crippen molar-refractivity contribution in [1.29, 1.82) is 0 Å². The zero-order valence-electron chi connectivity index (χ0n) is 12.2. The van der Waals surface area contributed by atoms with Crippen molar-refractivity contribution >= 4 is 26.7 Å². The van der Waals surface area contributed by atoms with Crippen LogP contribution < -0.4 is 0 Å². The highest BCUT2D eigenvalue weighted by molar-refractivity contribution is 9.10. The summed E-state index contributed by atoms with van der Waals surface area (Å²) in [6, 6.07) is -0.0327. The highest BCUT2D eigenvalue weighted by atomic mass is 79.9. The molecule has 0 aliphatic carbocycles. The van der Waals surface area contributed by atoms with Crippen LogP contribution in [0.25, 0.3) is 0 Å². The fourth-order valence-electron chi connectivity index (χ4n) is 1.84. The van der Waals surface area contributed by atoms with Gasteiger partial charge >= 0.3 is 30.1 Å². The van der Waals surface area contributed by atoms with Crippen molar-refractivity contribution in [2.45, 2.75) is 35.0 Å². The predicted octanol–water partition coefficient (Wildman–Crippen LogP) is 6.04. The predicted molar refractivity (Wildman–Crippen MR) is 71.3 cm³/mol. The van der Waals surface area contributed by atoms with E-state index in [-0.39, 0.29) is 12.1 Å². The second kappa shape index (κ2) is 7.12. The molecule has 1 aromatic rings. The van der Waals surface area contributed by atoms with Gasteiger partial charge in [0, 0.05) is 14.9 Å². The minimum atomic E-state index is -7.00.